The molecule has 1 amide bonds. The molecule has 0 saturated carbocycles. The van der Waals surface area contributed by atoms with Crippen LogP contribution in [0.5, 0.6) is 0 Å². The molecular formula is C17H15N5O2S. The van der Waals surface area contributed by atoms with Crippen LogP contribution in [-0.4, -0.2) is 28.5 Å². The number of benzene rings is 2. The van der Waals surface area contributed by atoms with E-state index in [1.165, 1.54) is 0 Å². The Labute approximate surface area is 144 Å². The molecule has 2 aliphatic rings. The average molecular weight is 353 g/mol. The van der Waals surface area contributed by atoms with Gasteiger partial charge in [-0.2, -0.15) is 5.11 Å². The van der Waals surface area contributed by atoms with Crippen molar-refractivity contribution in [3.05, 3.63) is 53.1 Å². The van der Waals surface area contributed by atoms with Crippen LogP contribution in [0.2, 0.25) is 0 Å². The number of nitrogens with two attached hydrogens (primary N) is 1. The van der Waals surface area contributed by atoms with Gasteiger partial charge in [0.15, 0.2) is 12.5 Å². The maximum absolute atomic E-state index is 12.5. The third-order valence-electron chi connectivity index (χ3n) is 4.18. The molecule has 25 heavy (non-hydrogen) atoms. The Kier molecular flexibility index (Phi) is 3.52. The summed E-state index contributed by atoms with van der Waals surface area (Å²) >= 11 is 0. The molecule has 3 N–H and O–H groups in total. The number of carbonyl (C=O) groups is 1. The summed E-state index contributed by atoms with van der Waals surface area (Å²) in [6.07, 6.45) is 0. The Hall–Kier alpha value is -2.84. The maximum Gasteiger partial charge on any atom is 0.251 e. The Bertz CT molecular complexity index is 1070. The molecule has 2 aliphatic heterocycles. The van der Waals surface area contributed by atoms with Gasteiger partial charge in [0.05, 0.1) is 14.6 Å². The first-order valence-corrected chi connectivity index (χ1v) is 9.36. The molecule has 2 aromatic carbocycles. The smallest absolute Gasteiger partial charge is 0.251 e. The van der Waals surface area contributed by atoms with Crippen molar-refractivity contribution in [2.75, 3.05) is 6.67 Å². The Morgan fingerprint density at radius 3 is 2.76 bits per heavy atom. The third kappa shape index (κ3) is 2.65. The number of hydrogen-bond donors (Lipinski definition) is 2. The standard InChI is InChI=1S/C17H15N5O2S/c1-25(18,24)14-4-2-3-12(15(14)16-20-9-21-22-16)10-5-6-11-8-19-17(23)13(11)7-10/h2-7H,1,8-9H2,(H2,18,24)(H,19,23). The summed E-state index contributed by atoms with van der Waals surface area (Å²) in [6, 6.07) is 10.9. The van der Waals surface area contributed by atoms with Crippen LogP contribution >= 0.6 is 0 Å². The molecule has 2 heterocycles. The minimum Gasteiger partial charge on any atom is -0.348 e. The first kappa shape index (κ1) is 15.7. The Morgan fingerprint density at radius 1 is 1.20 bits per heavy atom. The molecule has 0 bridgehead atoms. The van der Waals surface area contributed by atoms with Gasteiger partial charge < -0.3 is 5.32 Å². The van der Waals surface area contributed by atoms with Gasteiger partial charge >= 0.3 is 0 Å². The lowest BCUT2D eigenvalue weighted by Gasteiger charge is -2.15. The van der Waals surface area contributed by atoms with Crippen LogP contribution in [-0.2, 0) is 16.3 Å². The second-order valence-electron chi connectivity index (χ2n) is 5.82. The van der Waals surface area contributed by atoms with Gasteiger partial charge in [-0.05, 0) is 34.7 Å². The maximum atomic E-state index is 12.5. The SMILES string of the molecule is C=S(N)(=O)c1cccc(-c2ccc3c(c2)C(=O)NC3)c1C1=NCN=N1. The van der Waals surface area contributed by atoms with Crippen LogP contribution in [0.4, 0.5) is 0 Å². The second-order valence-corrected chi connectivity index (χ2v) is 7.72. The predicted molar refractivity (Wildman–Crippen MR) is 97.0 cm³/mol. The van der Waals surface area contributed by atoms with E-state index in [-0.39, 0.29) is 12.6 Å². The number of fused-ring (bicyclic) bond motifs is 1. The predicted octanol–water partition coefficient (Wildman–Crippen LogP) is 1.72. The molecule has 1 atom stereocenters. The normalized spacial score (nSPS) is 17.8. The van der Waals surface area contributed by atoms with E-state index in [4.69, 9.17) is 5.14 Å². The molecular weight excluding hydrogens is 338 g/mol. The fourth-order valence-corrected chi connectivity index (χ4v) is 3.88. The summed E-state index contributed by atoms with van der Waals surface area (Å²) in [5.74, 6) is 3.86. The fourth-order valence-electron chi connectivity index (χ4n) is 3.03. The monoisotopic (exact) mass is 353 g/mol. The zero-order valence-corrected chi connectivity index (χ0v) is 14.0. The lowest BCUT2D eigenvalue weighted by molar-refractivity contribution is 0.0966. The van der Waals surface area contributed by atoms with Gasteiger partial charge in [0.2, 0.25) is 0 Å². The van der Waals surface area contributed by atoms with Crippen LogP contribution in [0, 0.1) is 0 Å². The molecule has 0 spiro atoms. The highest BCUT2D eigenvalue weighted by Crippen LogP contribution is 2.32. The highest BCUT2D eigenvalue weighted by Gasteiger charge is 2.23. The van der Waals surface area contributed by atoms with E-state index in [0.29, 0.717) is 28.4 Å². The summed E-state index contributed by atoms with van der Waals surface area (Å²) < 4.78 is 12.5. The van der Waals surface area contributed by atoms with Crippen molar-refractivity contribution >= 4 is 27.3 Å². The van der Waals surface area contributed by atoms with E-state index in [1.54, 1.807) is 12.1 Å². The number of carbonyl (C=O) groups excluding carboxylic acids is 1. The van der Waals surface area contributed by atoms with Gasteiger partial charge in [0, 0.05) is 17.7 Å². The number of azo groups is 1. The second kappa shape index (κ2) is 5.61. The highest BCUT2D eigenvalue weighted by atomic mass is 32.2. The van der Waals surface area contributed by atoms with E-state index >= 15 is 0 Å². The zero-order chi connectivity index (χ0) is 17.6. The van der Waals surface area contributed by atoms with Crippen molar-refractivity contribution in [3.8, 4) is 11.1 Å². The van der Waals surface area contributed by atoms with Crippen LogP contribution in [0.1, 0.15) is 21.5 Å². The lowest BCUT2D eigenvalue weighted by Crippen LogP contribution is -2.17. The number of amides is 1. The van der Waals surface area contributed by atoms with Crippen molar-refractivity contribution in [2.45, 2.75) is 11.4 Å². The number of amidine groups is 1. The average Bonchev–Trinajstić information content (AvgIpc) is 3.23. The summed E-state index contributed by atoms with van der Waals surface area (Å²) in [7, 11) is -2.99. The Balaban J connectivity index is 1.98. The molecule has 0 aromatic heterocycles. The molecule has 0 saturated heterocycles. The largest absolute Gasteiger partial charge is 0.348 e. The highest BCUT2D eigenvalue weighted by molar-refractivity contribution is 7.98. The first-order valence-electron chi connectivity index (χ1n) is 7.57. The lowest BCUT2D eigenvalue weighted by atomic mass is 9.96. The topological polar surface area (TPSA) is 109 Å². The molecule has 0 fully saturated rings. The van der Waals surface area contributed by atoms with Gasteiger partial charge in [-0.3, -0.25) is 9.93 Å². The molecule has 4 rings (SSSR count). The molecule has 0 radical (unpaired) electrons. The quantitative estimate of drug-likeness (QED) is 0.819. The molecule has 7 nitrogen and oxygen atoms in total. The van der Waals surface area contributed by atoms with E-state index in [2.05, 4.69) is 26.4 Å². The first-order chi connectivity index (χ1) is 11.9. The molecule has 126 valence electrons. The summed E-state index contributed by atoms with van der Waals surface area (Å²) in [6.45, 7) is 0.746. The fraction of sp³-hybridized carbons (Fsp3) is 0.118. The van der Waals surface area contributed by atoms with E-state index in [1.807, 2.05) is 24.3 Å². The van der Waals surface area contributed by atoms with Crippen LogP contribution < -0.4 is 10.5 Å². The minimum absolute atomic E-state index is 0.104. The van der Waals surface area contributed by atoms with Crippen LogP contribution in [0.25, 0.3) is 11.1 Å². The Morgan fingerprint density at radius 2 is 2.04 bits per heavy atom. The van der Waals surface area contributed by atoms with Crippen molar-refractivity contribution in [1.82, 2.24) is 5.32 Å². The molecule has 1 unspecified atom stereocenters. The summed E-state index contributed by atoms with van der Waals surface area (Å²) in [5.41, 5.74) is 3.66. The van der Waals surface area contributed by atoms with Gasteiger partial charge in [-0.1, -0.05) is 24.3 Å². The number of nitrogens with one attached hydrogen (secondary N) is 1. The van der Waals surface area contributed by atoms with Gasteiger partial charge in [-0.25, -0.2) is 9.20 Å². The number of aliphatic imine (C=N–C) groups is 1. The van der Waals surface area contributed by atoms with Gasteiger partial charge in [0.25, 0.3) is 5.91 Å². The van der Waals surface area contributed by atoms with Crippen LogP contribution in [0.3, 0.4) is 0 Å². The third-order valence-corrected chi connectivity index (χ3v) is 5.26. The molecule has 0 aliphatic carbocycles. The molecule has 8 heteroatoms. The van der Waals surface area contributed by atoms with Crippen molar-refractivity contribution in [3.63, 3.8) is 0 Å². The summed E-state index contributed by atoms with van der Waals surface area (Å²) in [5, 5.41) is 16.5. The summed E-state index contributed by atoms with van der Waals surface area (Å²) in [4.78, 5) is 16.6. The minimum atomic E-state index is -2.99. The number of rotatable bonds is 3. The number of hydrogen-bond acceptors (Lipinski definition) is 5. The van der Waals surface area contributed by atoms with Crippen molar-refractivity contribution in [2.24, 2.45) is 20.4 Å². The number of nitrogens with zero attached hydrogens (tertiary/aromatic N) is 3. The van der Waals surface area contributed by atoms with Gasteiger partial charge in [-0.15, -0.1) is 5.11 Å². The van der Waals surface area contributed by atoms with E-state index < -0.39 is 9.71 Å². The van der Waals surface area contributed by atoms with Crippen molar-refractivity contribution in [1.29, 1.82) is 0 Å². The van der Waals surface area contributed by atoms with Gasteiger partial charge in [0.1, 0.15) is 0 Å². The zero-order valence-electron chi connectivity index (χ0n) is 13.2. The molecule has 2 aromatic rings. The van der Waals surface area contributed by atoms with E-state index in [0.717, 1.165) is 16.7 Å². The van der Waals surface area contributed by atoms with Crippen molar-refractivity contribution < 1.29 is 9.00 Å². The van der Waals surface area contributed by atoms with Crippen LogP contribution in [0.15, 0.2) is 56.5 Å². The van der Waals surface area contributed by atoms with E-state index in [9.17, 15) is 9.00 Å².